The van der Waals surface area contributed by atoms with Gasteiger partial charge in [0.15, 0.2) is 11.8 Å². The maximum Gasteiger partial charge on any atom is 0.411 e. The summed E-state index contributed by atoms with van der Waals surface area (Å²) in [7, 11) is 0. The fourth-order valence-electron chi connectivity index (χ4n) is 3.01. The molecule has 2 aromatic rings. The Labute approximate surface area is 152 Å². The molecule has 1 aliphatic heterocycles. The van der Waals surface area contributed by atoms with E-state index in [2.05, 4.69) is 10.3 Å². The molecule has 6 nitrogen and oxygen atoms in total. The van der Waals surface area contributed by atoms with Crippen molar-refractivity contribution >= 4 is 12.2 Å². The summed E-state index contributed by atoms with van der Waals surface area (Å²) < 4.78 is 50.6. The lowest BCUT2D eigenvalue weighted by Crippen LogP contribution is -2.41. The van der Waals surface area contributed by atoms with Crippen LogP contribution in [0.15, 0.2) is 33.9 Å². The number of rotatable bonds is 4. The molecule has 1 aromatic carbocycles. The van der Waals surface area contributed by atoms with Crippen LogP contribution >= 0.6 is 0 Å². The molecule has 142 valence electrons. The maximum atomic E-state index is 13.3. The molecule has 0 bridgehead atoms. The molecular formula is C18H16F3N3O3. The number of alkyl halides is 3. The number of carbonyl (C=O) groups excluding carboxylic acids is 1. The largest absolute Gasteiger partial charge is 0.459 e. The number of hydrogen-bond acceptors (Lipinski definition) is 6. The third-order valence-electron chi connectivity index (χ3n) is 4.58. The Hall–Kier alpha value is -2.84. The van der Waals surface area contributed by atoms with E-state index in [-0.39, 0.29) is 23.1 Å². The molecule has 1 N–H and O–H groups in total. The Balaban J connectivity index is 1.81. The van der Waals surface area contributed by atoms with Crippen LogP contribution < -0.4 is 5.43 Å². The smallest absolute Gasteiger partial charge is 0.411 e. The first-order chi connectivity index (χ1) is 12.9. The molecular weight excluding hydrogens is 363 g/mol. The number of halogens is 3. The second kappa shape index (κ2) is 6.40. The Bertz CT molecular complexity index is 903. The first-order valence-electron chi connectivity index (χ1n) is 8.48. The zero-order chi connectivity index (χ0) is 19.2. The van der Waals surface area contributed by atoms with E-state index in [1.807, 2.05) is 24.5 Å². The fraction of sp³-hybridized carbons (Fsp3) is 0.389. The van der Waals surface area contributed by atoms with E-state index in [4.69, 9.17) is 9.26 Å². The number of benzene rings is 1. The minimum atomic E-state index is -4.57. The molecule has 2 unspecified atom stereocenters. The Morgan fingerprint density at radius 2 is 2.04 bits per heavy atom. The number of hydrazone groups is 1. The summed E-state index contributed by atoms with van der Waals surface area (Å²) in [5, 5.41) is 7.45. The van der Waals surface area contributed by atoms with Gasteiger partial charge in [0.25, 0.3) is 0 Å². The third-order valence-corrected chi connectivity index (χ3v) is 4.58. The van der Waals surface area contributed by atoms with Gasteiger partial charge < -0.3 is 9.26 Å². The van der Waals surface area contributed by atoms with Gasteiger partial charge in [0, 0.05) is 11.8 Å². The normalized spacial score (nSPS) is 21.9. The highest BCUT2D eigenvalue weighted by molar-refractivity contribution is 5.99. The topological polar surface area (TPSA) is 76.7 Å². The molecule has 2 heterocycles. The molecule has 4 rings (SSSR count). The first kappa shape index (κ1) is 17.6. The predicted molar refractivity (Wildman–Crippen MR) is 89.3 cm³/mol. The molecule has 27 heavy (non-hydrogen) atoms. The van der Waals surface area contributed by atoms with E-state index in [9.17, 15) is 18.0 Å². The van der Waals surface area contributed by atoms with Crippen molar-refractivity contribution in [3.05, 3.63) is 41.2 Å². The number of nitrogens with one attached hydrogen (secondary N) is 1. The zero-order valence-electron chi connectivity index (χ0n) is 14.3. The summed E-state index contributed by atoms with van der Waals surface area (Å²) in [6.45, 7) is 1.82. The number of aryl methyl sites for hydroxylation is 1. The Morgan fingerprint density at radius 1 is 1.30 bits per heavy atom. The zero-order valence-corrected chi connectivity index (χ0v) is 14.3. The monoisotopic (exact) mass is 379 g/mol. The van der Waals surface area contributed by atoms with Crippen molar-refractivity contribution in [3.8, 4) is 11.3 Å². The number of carbonyl (C=O) groups is 1. The molecule has 0 spiro atoms. The van der Waals surface area contributed by atoms with Gasteiger partial charge in [0.2, 0.25) is 0 Å². The lowest BCUT2D eigenvalue weighted by molar-refractivity contribution is -0.155. The standard InChI is InChI=1S/C18H16F3N3O3/c1-9-4-2-3-5-11(9)14-13(17(25)26-10-6-7-10)15(27-24-14)12-8-22-23-16(12)18(19,20)21/h2-5,8,10,12,16,23H,6-7H2,1H3. The van der Waals surface area contributed by atoms with Crippen LogP contribution in [0, 0.1) is 6.92 Å². The fourth-order valence-corrected chi connectivity index (χ4v) is 3.01. The molecule has 1 saturated carbocycles. The van der Waals surface area contributed by atoms with Crippen LogP contribution in [-0.2, 0) is 4.74 Å². The second-order valence-corrected chi connectivity index (χ2v) is 6.64. The van der Waals surface area contributed by atoms with E-state index in [1.54, 1.807) is 12.1 Å². The Morgan fingerprint density at radius 3 is 2.70 bits per heavy atom. The van der Waals surface area contributed by atoms with Crippen LogP contribution in [0.3, 0.4) is 0 Å². The van der Waals surface area contributed by atoms with Crippen molar-refractivity contribution in [2.45, 2.75) is 44.0 Å². The molecule has 0 amide bonds. The van der Waals surface area contributed by atoms with Crippen LogP contribution in [0.4, 0.5) is 13.2 Å². The van der Waals surface area contributed by atoms with Gasteiger partial charge in [-0.15, -0.1) is 0 Å². The van der Waals surface area contributed by atoms with Gasteiger partial charge in [0.05, 0.1) is 5.92 Å². The van der Waals surface area contributed by atoms with Crippen LogP contribution in [0.2, 0.25) is 0 Å². The molecule has 9 heteroatoms. The third kappa shape index (κ3) is 3.29. The number of esters is 1. The van der Waals surface area contributed by atoms with Crippen molar-refractivity contribution in [2.24, 2.45) is 5.10 Å². The van der Waals surface area contributed by atoms with Gasteiger partial charge in [-0.2, -0.15) is 18.3 Å². The molecule has 1 aromatic heterocycles. The quantitative estimate of drug-likeness (QED) is 0.822. The summed E-state index contributed by atoms with van der Waals surface area (Å²) in [6.07, 6.45) is -2.23. The van der Waals surface area contributed by atoms with Gasteiger partial charge in [-0.3, -0.25) is 5.43 Å². The Kier molecular flexibility index (Phi) is 4.16. The summed E-state index contributed by atoms with van der Waals surface area (Å²) in [6, 6.07) is 5.12. The summed E-state index contributed by atoms with van der Waals surface area (Å²) in [5.74, 6) is -2.24. The number of hydrogen-bond donors (Lipinski definition) is 1. The lowest BCUT2D eigenvalue weighted by Gasteiger charge is -2.19. The van der Waals surface area contributed by atoms with E-state index in [1.165, 1.54) is 0 Å². The summed E-state index contributed by atoms with van der Waals surface area (Å²) in [4.78, 5) is 12.7. The SMILES string of the molecule is Cc1ccccc1-c1noc(C2C=NNC2C(F)(F)F)c1C(=O)OC1CC1. The minimum absolute atomic E-state index is 0.0781. The highest BCUT2D eigenvalue weighted by Crippen LogP contribution is 2.39. The van der Waals surface area contributed by atoms with Crippen LogP contribution in [0.25, 0.3) is 11.3 Å². The van der Waals surface area contributed by atoms with Crippen molar-refractivity contribution in [3.63, 3.8) is 0 Å². The minimum Gasteiger partial charge on any atom is -0.459 e. The van der Waals surface area contributed by atoms with Gasteiger partial charge >= 0.3 is 12.1 Å². The number of ether oxygens (including phenoxy) is 1. The van der Waals surface area contributed by atoms with Gasteiger partial charge in [-0.1, -0.05) is 29.4 Å². The summed E-state index contributed by atoms with van der Waals surface area (Å²) >= 11 is 0. The van der Waals surface area contributed by atoms with Crippen molar-refractivity contribution in [2.75, 3.05) is 0 Å². The van der Waals surface area contributed by atoms with E-state index in [0.717, 1.165) is 24.6 Å². The number of aromatic nitrogens is 1. The van der Waals surface area contributed by atoms with E-state index >= 15 is 0 Å². The maximum absolute atomic E-state index is 13.3. The molecule has 1 fully saturated rings. The second-order valence-electron chi connectivity index (χ2n) is 6.64. The molecule has 0 radical (unpaired) electrons. The number of nitrogens with zero attached hydrogens (tertiary/aromatic N) is 2. The average Bonchev–Trinajstić information content (AvgIpc) is 3.11. The van der Waals surface area contributed by atoms with Gasteiger partial charge in [-0.05, 0) is 25.3 Å². The van der Waals surface area contributed by atoms with Crippen molar-refractivity contribution < 1.29 is 27.2 Å². The van der Waals surface area contributed by atoms with Crippen LogP contribution in [0.1, 0.15) is 40.4 Å². The highest BCUT2D eigenvalue weighted by Gasteiger charge is 2.50. The highest BCUT2D eigenvalue weighted by atomic mass is 19.4. The first-order valence-corrected chi connectivity index (χ1v) is 8.48. The molecule has 2 aliphatic rings. The van der Waals surface area contributed by atoms with Crippen molar-refractivity contribution in [1.29, 1.82) is 0 Å². The lowest BCUT2D eigenvalue weighted by atomic mass is 9.93. The van der Waals surface area contributed by atoms with Gasteiger partial charge in [0.1, 0.15) is 17.4 Å². The van der Waals surface area contributed by atoms with Crippen LogP contribution in [-0.4, -0.2) is 35.7 Å². The van der Waals surface area contributed by atoms with E-state index in [0.29, 0.717) is 5.56 Å². The van der Waals surface area contributed by atoms with Crippen molar-refractivity contribution in [1.82, 2.24) is 10.6 Å². The predicted octanol–water partition coefficient (Wildman–Crippen LogP) is 3.57. The molecule has 2 atom stereocenters. The van der Waals surface area contributed by atoms with Crippen LogP contribution in [0.5, 0.6) is 0 Å². The average molecular weight is 379 g/mol. The molecule has 0 saturated heterocycles. The molecule has 1 aliphatic carbocycles. The summed E-state index contributed by atoms with van der Waals surface area (Å²) in [5.41, 5.74) is 3.53. The van der Waals surface area contributed by atoms with E-state index < -0.39 is 24.1 Å². The van der Waals surface area contributed by atoms with Gasteiger partial charge in [-0.25, -0.2) is 4.79 Å².